The number of fused-ring (bicyclic) bond motifs is 1. The molecule has 1 aromatic heterocycles. The summed E-state index contributed by atoms with van der Waals surface area (Å²) in [7, 11) is 0. The predicted molar refractivity (Wildman–Crippen MR) is 77.3 cm³/mol. The van der Waals surface area contributed by atoms with Crippen molar-refractivity contribution < 1.29 is 17.6 Å². The third-order valence-electron chi connectivity index (χ3n) is 3.55. The number of rotatable bonds is 6. The largest absolute Gasteiger partial charge is 0.461 e. The van der Waals surface area contributed by atoms with E-state index in [0.717, 1.165) is 22.3 Å². The monoisotopic (exact) mass is 299 g/mol. The number of alkyl halides is 3. The standard InChI is InChI=1S/C16H20F3NO/c1-3-13-15(11-7-5-6-8-14(11)21-13)12(20-4-2)9-10-16(17,18)19/h5-8,12,20H,3-4,9-10H2,1-2H3. The van der Waals surface area contributed by atoms with E-state index in [9.17, 15) is 13.2 Å². The summed E-state index contributed by atoms with van der Waals surface area (Å²) in [4.78, 5) is 0. The molecule has 2 aromatic rings. The Morgan fingerprint density at radius 1 is 1.19 bits per heavy atom. The highest BCUT2D eigenvalue weighted by atomic mass is 19.4. The van der Waals surface area contributed by atoms with Gasteiger partial charge in [-0.25, -0.2) is 0 Å². The van der Waals surface area contributed by atoms with Crippen molar-refractivity contribution in [3.63, 3.8) is 0 Å². The summed E-state index contributed by atoms with van der Waals surface area (Å²) in [6.07, 6.45) is -4.25. The first-order chi connectivity index (χ1) is 9.96. The predicted octanol–water partition coefficient (Wildman–Crippen LogP) is 4.99. The van der Waals surface area contributed by atoms with Crippen LogP contribution < -0.4 is 5.32 Å². The second-order valence-corrected chi connectivity index (χ2v) is 5.05. The molecule has 0 aliphatic carbocycles. The minimum atomic E-state index is -4.14. The van der Waals surface area contributed by atoms with Crippen LogP contribution in [0.25, 0.3) is 11.0 Å². The summed E-state index contributed by atoms with van der Waals surface area (Å²) in [6, 6.07) is 7.17. The van der Waals surface area contributed by atoms with Gasteiger partial charge in [-0.2, -0.15) is 13.2 Å². The van der Waals surface area contributed by atoms with Gasteiger partial charge in [0, 0.05) is 29.8 Å². The lowest BCUT2D eigenvalue weighted by atomic mass is 9.97. The minimum absolute atomic E-state index is 0.0217. The highest BCUT2D eigenvalue weighted by molar-refractivity contribution is 5.82. The lowest BCUT2D eigenvalue weighted by Gasteiger charge is -2.19. The molecule has 21 heavy (non-hydrogen) atoms. The lowest BCUT2D eigenvalue weighted by molar-refractivity contribution is -0.136. The molecule has 2 nitrogen and oxygen atoms in total. The van der Waals surface area contributed by atoms with Gasteiger partial charge in [-0.05, 0) is 19.0 Å². The third-order valence-corrected chi connectivity index (χ3v) is 3.55. The van der Waals surface area contributed by atoms with Crippen LogP contribution in [0.1, 0.15) is 44.1 Å². The van der Waals surface area contributed by atoms with Crippen LogP contribution in [0.15, 0.2) is 28.7 Å². The zero-order valence-corrected chi connectivity index (χ0v) is 12.3. The van der Waals surface area contributed by atoms with Crippen LogP contribution >= 0.6 is 0 Å². The molecule has 0 aliphatic rings. The summed E-state index contributed by atoms with van der Waals surface area (Å²) >= 11 is 0. The van der Waals surface area contributed by atoms with Crippen molar-refractivity contribution in [3.8, 4) is 0 Å². The Kier molecular flexibility index (Phi) is 4.93. The first kappa shape index (κ1) is 15.9. The van der Waals surface area contributed by atoms with E-state index in [1.165, 1.54) is 0 Å². The summed E-state index contributed by atoms with van der Waals surface area (Å²) < 4.78 is 43.4. The molecule has 0 fully saturated rings. The van der Waals surface area contributed by atoms with E-state index >= 15 is 0 Å². The second kappa shape index (κ2) is 6.52. The highest BCUT2D eigenvalue weighted by Crippen LogP contribution is 2.35. The van der Waals surface area contributed by atoms with Crippen LogP contribution in [0, 0.1) is 0 Å². The fourth-order valence-corrected chi connectivity index (χ4v) is 2.66. The third kappa shape index (κ3) is 3.79. The smallest absolute Gasteiger partial charge is 0.389 e. The van der Waals surface area contributed by atoms with Gasteiger partial charge in [0.05, 0.1) is 0 Å². The fraction of sp³-hybridized carbons (Fsp3) is 0.500. The van der Waals surface area contributed by atoms with Crippen LogP contribution in [0.4, 0.5) is 13.2 Å². The van der Waals surface area contributed by atoms with E-state index in [1.807, 2.05) is 38.1 Å². The quantitative estimate of drug-likeness (QED) is 0.813. The molecule has 2 rings (SSSR count). The molecule has 0 saturated heterocycles. The van der Waals surface area contributed by atoms with Crippen LogP contribution in [-0.4, -0.2) is 12.7 Å². The van der Waals surface area contributed by atoms with Gasteiger partial charge >= 0.3 is 6.18 Å². The highest BCUT2D eigenvalue weighted by Gasteiger charge is 2.30. The molecule has 1 atom stereocenters. The Morgan fingerprint density at radius 3 is 2.52 bits per heavy atom. The van der Waals surface area contributed by atoms with E-state index in [4.69, 9.17) is 4.42 Å². The molecule has 0 saturated carbocycles. The topological polar surface area (TPSA) is 25.2 Å². The summed E-state index contributed by atoms with van der Waals surface area (Å²) in [5, 5.41) is 4.07. The molecular formula is C16H20F3NO. The Balaban J connectivity index is 2.38. The van der Waals surface area contributed by atoms with Gasteiger partial charge in [-0.15, -0.1) is 0 Å². The number of halogens is 3. The van der Waals surface area contributed by atoms with Gasteiger partial charge in [-0.3, -0.25) is 0 Å². The van der Waals surface area contributed by atoms with Crippen LogP contribution in [0.3, 0.4) is 0 Å². The molecule has 1 unspecified atom stereocenters. The van der Waals surface area contributed by atoms with E-state index in [2.05, 4.69) is 5.32 Å². The molecule has 5 heteroatoms. The molecule has 0 aliphatic heterocycles. The Bertz CT molecular complexity index is 589. The van der Waals surface area contributed by atoms with E-state index in [-0.39, 0.29) is 12.5 Å². The molecular weight excluding hydrogens is 279 g/mol. The summed E-state index contributed by atoms with van der Waals surface area (Å²) in [5.41, 5.74) is 1.61. The first-order valence-corrected chi connectivity index (χ1v) is 7.26. The maximum Gasteiger partial charge on any atom is 0.389 e. The van der Waals surface area contributed by atoms with E-state index < -0.39 is 12.6 Å². The van der Waals surface area contributed by atoms with Gasteiger partial charge in [0.25, 0.3) is 0 Å². The molecule has 1 heterocycles. The maximum absolute atomic E-state index is 12.5. The number of furan rings is 1. The number of para-hydroxylation sites is 1. The number of nitrogens with one attached hydrogen (secondary N) is 1. The first-order valence-electron chi connectivity index (χ1n) is 7.26. The molecule has 0 amide bonds. The van der Waals surface area contributed by atoms with Gasteiger partial charge in [0.15, 0.2) is 0 Å². The molecule has 1 N–H and O–H groups in total. The van der Waals surface area contributed by atoms with Crippen LogP contribution in [0.5, 0.6) is 0 Å². The zero-order chi connectivity index (χ0) is 15.5. The lowest BCUT2D eigenvalue weighted by Crippen LogP contribution is -2.23. The average Bonchev–Trinajstić information content (AvgIpc) is 2.81. The minimum Gasteiger partial charge on any atom is -0.461 e. The Labute approximate surface area is 122 Å². The number of hydrogen-bond acceptors (Lipinski definition) is 2. The maximum atomic E-state index is 12.5. The van der Waals surface area contributed by atoms with Crippen molar-refractivity contribution in [3.05, 3.63) is 35.6 Å². The normalized spacial score (nSPS) is 13.8. The van der Waals surface area contributed by atoms with Crippen molar-refractivity contribution >= 4 is 11.0 Å². The van der Waals surface area contributed by atoms with Crippen molar-refractivity contribution in [1.29, 1.82) is 0 Å². The van der Waals surface area contributed by atoms with Crippen molar-refractivity contribution in [2.45, 2.75) is 45.3 Å². The van der Waals surface area contributed by atoms with Gasteiger partial charge in [0.1, 0.15) is 11.3 Å². The van der Waals surface area contributed by atoms with Crippen molar-refractivity contribution in [2.24, 2.45) is 0 Å². The average molecular weight is 299 g/mol. The molecule has 116 valence electrons. The Morgan fingerprint density at radius 2 is 1.90 bits per heavy atom. The number of aryl methyl sites for hydroxylation is 1. The summed E-state index contributed by atoms with van der Waals surface area (Å²) in [5.74, 6) is 0.768. The van der Waals surface area contributed by atoms with Gasteiger partial charge < -0.3 is 9.73 Å². The summed E-state index contributed by atoms with van der Waals surface area (Å²) in [6.45, 7) is 4.47. The zero-order valence-electron chi connectivity index (χ0n) is 12.3. The van der Waals surface area contributed by atoms with Gasteiger partial charge in [0.2, 0.25) is 0 Å². The molecule has 0 radical (unpaired) electrons. The molecule has 0 bridgehead atoms. The van der Waals surface area contributed by atoms with E-state index in [0.29, 0.717) is 13.0 Å². The fourth-order valence-electron chi connectivity index (χ4n) is 2.66. The number of benzene rings is 1. The second-order valence-electron chi connectivity index (χ2n) is 5.05. The number of hydrogen-bond donors (Lipinski definition) is 1. The van der Waals surface area contributed by atoms with Crippen molar-refractivity contribution in [2.75, 3.05) is 6.54 Å². The van der Waals surface area contributed by atoms with Crippen LogP contribution in [0.2, 0.25) is 0 Å². The Hall–Kier alpha value is -1.49. The molecule has 0 spiro atoms. The van der Waals surface area contributed by atoms with Gasteiger partial charge in [-0.1, -0.05) is 32.0 Å². The van der Waals surface area contributed by atoms with Crippen LogP contribution in [-0.2, 0) is 6.42 Å². The SMILES string of the molecule is CCNC(CCC(F)(F)F)c1c(CC)oc2ccccc12. The van der Waals surface area contributed by atoms with Crippen molar-refractivity contribution in [1.82, 2.24) is 5.32 Å². The molecule has 1 aromatic carbocycles. The van der Waals surface area contributed by atoms with E-state index in [1.54, 1.807) is 0 Å².